The van der Waals surface area contributed by atoms with Gasteiger partial charge in [0, 0.05) is 19.2 Å². The number of ether oxygens (including phenoxy) is 2. The lowest BCUT2D eigenvalue weighted by Gasteiger charge is -2.37. The summed E-state index contributed by atoms with van der Waals surface area (Å²) in [5.74, 6) is 0. The van der Waals surface area contributed by atoms with E-state index in [9.17, 15) is 10.2 Å². The average Bonchev–Trinajstić information content (AvgIpc) is 2.44. The number of β-amino-alcohol motifs (C(OH)–C–C–N with tert-alkyl or cyclic N) is 1. The van der Waals surface area contributed by atoms with Crippen molar-refractivity contribution in [2.45, 2.75) is 56.8 Å². The molecule has 0 aromatic heterocycles. The Labute approximate surface area is 116 Å². The van der Waals surface area contributed by atoms with Crippen molar-refractivity contribution < 1.29 is 19.7 Å². The molecule has 5 heteroatoms. The predicted molar refractivity (Wildman–Crippen MR) is 74.2 cm³/mol. The zero-order chi connectivity index (χ0) is 14.1. The molecule has 2 atom stereocenters. The van der Waals surface area contributed by atoms with Gasteiger partial charge in [-0.1, -0.05) is 19.3 Å². The molecule has 19 heavy (non-hydrogen) atoms. The summed E-state index contributed by atoms with van der Waals surface area (Å²) in [5.41, 5.74) is -0.197. The molecular formula is C14H29NO4. The van der Waals surface area contributed by atoms with Gasteiger partial charge in [0.1, 0.15) is 0 Å². The van der Waals surface area contributed by atoms with Crippen molar-refractivity contribution in [3.8, 4) is 0 Å². The number of methoxy groups -OCH3 is 1. The topological polar surface area (TPSA) is 71.0 Å². The molecule has 5 nitrogen and oxygen atoms in total. The van der Waals surface area contributed by atoms with Gasteiger partial charge in [-0.05, 0) is 19.8 Å². The highest BCUT2D eigenvalue weighted by Crippen LogP contribution is 2.27. The van der Waals surface area contributed by atoms with Gasteiger partial charge in [0.15, 0.2) is 0 Å². The first-order valence-corrected chi connectivity index (χ1v) is 7.26. The summed E-state index contributed by atoms with van der Waals surface area (Å²) in [4.78, 5) is 0. The Morgan fingerprint density at radius 1 is 1.21 bits per heavy atom. The van der Waals surface area contributed by atoms with Crippen molar-refractivity contribution in [3.63, 3.8) is 0 Å². The molecular weight excluding hydrogens is 246 g/mol. The molecule has 0 heterocycles. The third kappa shape index (κ3) is 6.19. The zero-order valence-corrected chi connectivity index (χ0v) is 12.2. The molecule has 0 saturated heterocycles. The fourth-order valence-corrected chi connectivity index (χ4v) is 2.57. The van der Waals surface area contributed by atoms with Crippen LogP contribution >= 0.6 is 0 Å². The standard InChI is InChI=1S/C14H29NO4/c1-12(9-18-2)19-10-13(17)8-15-14(11-16)6-4-3-5-7-14/h12-13,15-17H,3-11H2,1-2H3. The maximum atomic E-state index is 9.90. The highest BCUT2D eigenvalue weighted by atomic mass is 16.5. The molecule has 0 bridgehead atoms. The Bertz CT molecular complexity index is 231. The Morgan fingerprint density at radius 3 is 2.47 bits per heavy atom. The molecule has 2 unspecified atom stereocenters. The van der Waals surface area contributed by atoms with E-state index in [-0.39, 0.29) is 18.2 Å². The van der Waals surface area contributed by atoms with Crippen molar-refractivity contribution in [1.82, 2.24) is 5.32 Å². The number of rotatable bonds is 9. The van der Waals surface area contributed by atoms with Crippen molar-refractivity contribution in [2.24, 2.45) is 0 Å². The molecule has 1 rings (SSSR count). The van der Waals surface area contributed by atoms with Crippen LogP contribution in [0.3, 0.4) is 0 Å². The highest BCUT2D eigenvalue weighted by Gasteiger charge is 2.31. The number of aliphatic hydroxyl groups excluding tert-OH is 2. The lowest BCUT2D eigenvalue weighted by molar-refractivity contribution is -0.0343. The minimum Gasteiger partial charge on any atom is -0.394 e. The van der Waals surface area contributed by atoms with Crippen LogP contribution in [0.5, 0.6) is 0 Å². The maximum absolute atomic E-state index is 9.90. The number of hydrogen-bond acceptors (Lipinski definition) is 5. The van der Waals surface area contributed by atoms with Crippen molar-refractivity contribution in [3.05, 3.63) is 0 Å². The molecule has 0 aromatic carbocycles. The first kappa shape index (κ1) is 16.9. The van der Waals surface area contributed by atoms with Crippen LogP contribution in [0.2, 0.25) is 0 Å². The van der Waals surface area contributed by atoms with Gasteiger partial charge in [-0.3, -0.25) is 0 Å². The predicted octanol–water partition coefficient (Wildman–Crippen LogP) is 0.684. The summed E-state index contributed by atoms with van der Waals surface area (Å²) in [5, 5.41) is 22.8. The van der Waals surface area contributed by atoms with Gasteiger partial charge in [0.25, 0.3) is 0 Å². The molecule has 1 aliphatic rings. The zero-order valence-electron chi connectivity index (χ0n) is 12.2. The van der Waals surface area contributed by atoms with E-state index in [2.05, 4.69) is 5.32 Å². The van der Waals surface area contributed by atoms with E-state index in [1.165, 1.54) is 6.42 Å². The maximum Gasteiger partial charge on any atom is 0.0898 e. The fraction of sp³-hybridized carbons (Fsp3) is 1.00. The SMILES string of the molecule is COCC(C)OCC(O)CNC1(CO)CCCCC1. The van der Waals surface area contributed by atoms with Crippen molar-refractivity contribution in [1.29, 1.82) is 0 Å². The molecule has 1 saturated carbocycles. The Hall–Kier alpha value is -0.200. The second kappa shape index (κ2) is 8.87. The Morgan fingerprint density at radius 2 is 1.89 bits per heavy atom. The highest BCUT2D eigenvalue weighted by molar-refractivity contribution is 4.90. The molecule has 0 radical (unpaired) electrons. The summed E-state index contributed by atoms with van der Waals surface area (Å²) in [6.07, 6.45) is 4.93. The van der Waals surface area contributed by atoms with Crippen LogP contribution < -0.4 is 5.32 Å². The molecule has 0 amide bonds. The summed E-state index contributed by atoms with van der Waals surface area (Å²) in [6.45, 7) is 3.33. The van der Waals surface area contributed by atoms with Gasteiger partial charge in [0.2, 0.25) is 0 Å². The quantitative estimate of drug-likeness (QED) is 0.577. The van der Waals surface area contributed by atoms with Gasteiger partial charge in [0.05, 0.1) is 32.0 Å². The third-order valence-corrected chi connectivity index (χ3v) is 3.80. The summed E-state index contributed by atoms with van der Waals surface area (Å²) >= 11 is 0. The largest absolute Gasteiger partial charge is 0.394 e. The van der Waals surface area contributed by atoms with E-state index in [4.69, 9.17) is 9.47 Å². The average molecular weight is 275 g/mol. The molecule has 0 aliphatic heterocycles. The number of hydrogen-bond donors (Lipinski definition) is 3. The van der Waals surface area contributed by atoms with Crippen molar-refractivity contribution in [2.75, 3.05) is 33.5 Å². The van der Waals surface area contributed by atoms with E-state index in [0.717, 1.165) is 25.7 Å². The van der Waals surface area contributed by atoms with Gasteiger partial charge >= 0.3 is 0 Å². The van der Waals surface area contributed by atoms with Crippen LogP contribution in [0, 0.1) is 0 Å². The molecule has 114 valence electrons. The van der Waals surface area contributed by atoms with Crippen LogP contribution in [0.1, 0.15) is 39.0 Å². The minimum absolute atomic E-state index is 0.0128. The summed E-state index contributed by atoms with van der Waals surface area (Å²) in [7, 11) is 1.63. The second-order valence-corrected chi connectivity index (χ2v) is 5.63. The second-order valence-electron chi connectivity index (χ2n) is 5.63. The Balaban J connectivity index is 2.22. The fourth-order valence-electron chi connectivity index (χ4n) is 2.57. The smallest absolute Gasteiger partial charge is 0.0898 e. The van der Waals surface area contributed by atoms with Gasteiger partial charge in [-0.15, -0.1) is 0 Å². The number of aliphatic hydroxyl groups is 2. The summed E-state index contributed by atoms with van der Waals surface area (Å²) < 4.78 is 10.4. The van der Waals surface area contributed by atoms with E-state index in [1.54, 1.807) is 7.11 Å². The molecule has 1 fully saturated rings. The Kier molecular flexibility index (Phi) is 7.87. The molecule has 0 spiro atoms. The lowest BCUT2D eigenvalue weighted by atomic mass is 9.82. The van der Waals surface area contributed by atoms with E-state index >= 15 is 0 Å². The van der Waals surface area contributed by atoms with Crippen molar-refractivity contribution >= 4 is 0 Å². The third-order valence-electron chi connectivity index (χ3n) is 3.80. The van der Waals surface area contributed by atoms with Crippen LogP contribution in [0.25, 0.3) is 0 Å². The van der Waals surface area contributed by atoms with Crippen LogP contribution in [-0.4, -0.2) is 61.4 Å². The first-order valence-electron chi connectivity index (χ1n) is 7.26. The first-order chi connectivity index (χ1) is 9.12. The van der Waals surface area contributed by atoms with E-state index in [1.807, 2.05) is 6.92 Å². The van der Waals surface area contributed by atoms with E-state index in [0.29, 0.717) is 19.8 Å². The normalized spacial score (nSPS) is 22.1. The number of nitrogens with one attached hydrogen (secondary N) is 1. The van der Waals surface area contributed by atoms with Gasteiger partial charge in [-0.25, -0.2) is 0 Å². The van der Waals surface area contributed by atoms with Gasteiger partial charge < -0.3 is 25.0 Å². The van der Waals surface area contributed by atoms with Crippen LogP contribution in [0.15, 0.2) is 0 Å². The van der Waals surface area contributed by atoms with Crippen LogP contribution in [0.4, 0.5) is 0 Å². The van der Waals surface area contributed by atoms with Gasteiger partial charge in [-0.2, -0.15) is 0 Å². The van der Waals surface area contributed by atoms with E-state index < -0.39 is 6.10 Å². The monoisotopic (exact) mass is 275 g/mol. The minimum atomic E-state index is -0.551. The molecule has 3 N–H and O–H groups in total. The summed E-state index contributed by atoms with van der Waals surface area (Å²) in [6, 6.07) is 0. The molecule has 1 aliphatic carbocycles. The molecule has 0 aromatic rings. The lowest BCUT2D eigenvalue weighted by Crippen LogP contribution is -2.52. The van der Waals surface area contributed by atoms with Crippen LogP contribution in [-0.2, 0) is 9.47 Å².